The molecule has 0 aliphatic rings. The van der Waals surface area contributed by atoms with Crippen molar-refractivity contribution in [1.29, 1.82) is 0 Å². The van der Waals surface area contributed by atoms with Gasteiger partial charge in [0, 0.05) is 7.05 Å². The second-order valence-corrected chi connectivity index (χ2v) is 6.16. The van der Waals surface area contributed by atoms with Gasteiger partial charge in [0.2, 0.25) is 0 Å². The summed E-state index contributed by atoms with van der Waals surface area (Å²) >= 11 is 0. The number of aliphatic hydroxyl groups is 1. The molecule has 4 nitrogen and oxygen atoms in total. The third-order valence-electron chi connectivity index (χ3n) is 4.30. The van der Waals surface area contributed by atoms with Crippen LogP contribution in [0.4, 0.5) is 0 Å². The molecule has 0 saturated heterocycles. The smallest absolute Gasteiger partial charge is 0.260 e. The van der Waals surface area contributed by atoms with Crippen LogP contribution in [0.2, 0.25) is 0 Å². The monoisotopic (exact) mass is 327 g/mol. The molecule has 0 spiro atoms. The predicted molar refractivity (Wildman–Crippen MR) is 95.0 cm³/mol. The van der Waals surface area contributed by atoms with Gasteiger partial charge in [-0.05, 0) is 43.5 Å². The van der Waals surface area contributed by atoms with Crippen molar-refractivity contribution in [2.24, 2.45) is 0 Å². The van der Waals surface area contributed by atoms with Crippen molar-refractivity contribution in [3.05, 3.63) is 65.2 Å². The van der Waals surface area contributed by atoms with Crippen LogP contribution in [0.1, 0.15) is 29.7 Å². The maximum atomic E-state index is 12.4. The summed E-state index contributed by atoms with van der Waals surface area (Å²) in [5.41, 5.74) is 2.87. The maximum absolute atomic E-state index is 12.4. The molecule has 0 bridgehead atoms. The normalized spacial score (nSPS) is 13.2. The van der Waals surface area contributed by atoms with E-state index in [9.17, 15) is 9.90 Å². The van der Waals surface area contributed by atoms with Crippen LogP contribution in [-0.2, 0) is 4.79 Å². The molecule has 2 aromatic rings. The Labute approximate surface area is 143 Å². The number of aliphatic hydroxyl groups excluding tert-OH is 1. The van der Waals surface area contributed by atoms with Crippen molar-refractivity contribution in [3.8, 4) is 5.75 Å². The van der Waals surface area contributed by atoms with E-state index in [2.05, 4.69) is 0 Å². The van der Waals surface area contributed by atoms with Crippen LogP contribution >= 0.6 is 0 Å². The molecule has 0 heterocycles. The van der Waals surface area contributed by atoms with Gasteiger partial charge < -0.3 is 14.7 Å². The second-order valence-electron chi connectivity index (χ2n) is 6.16. The van der Waals surface area contributed by atoms with Crippen molar-refractivity contribution in [2.75, 3.05) is 13.7 Å². The van der Waals surface area contributed by atoms with Crippen molar-refractivity contribution >= 4 is 5.91 Å². The summed E-state index contributed by atoms with van der Waals surface area (Å²) in [5, 5.41) is 10.4. The first kappa shape index (κ1) is 18.0. The fourth-order valence-electron chi connectivity index (χ4n) is 2.47. The highest BCUT2D eigenvalue weighted by Crippen LogP contribution is 2.21. The molecule has 2 aromatic carbocycles. The lowest BCUT2D eigenvalue weighted by Crippen LogP contribution is -2.41. The van der Waals surface area contributed by atoms with E-state index in [4.69, 9.17) is 4.74 Å². The number of hydrogen-bond acceptors (Lipinski definition) is 3. The Morgan fingerprint density at radius 2 is 1.83 bits per heavy atom. The van der Waals surface area contributed by atoms with Gasteiger partial charge in [-0.3, -0.25) is 4.79 Å². The van der Waals surface area contributed by atoms with Crippen LogP contribution in [0, 0.1) is 13.8 Å². The lowest BCUT2D eigenvalue weighted by molar-refractivity contribution is -0.136. The van der Waals surface area contributed by atoms with Crippen LogP contribution in [0.15, 0.2) is 48.5 Å². The van der Waals surface area contributed by atoms with E-state index in [0.717, 1.165) is 16.7 Å². The Kier molecular flexibility index (Phi) is 5.99. The SMILES string of the molecule is Cc1ccc(C)c(OCC(=O)N(C)C(C)C(O)c2ccccc2)c1. The van der Waals surface area contributed by atoms with Gasteiger partial charge in [-0.1, -0.05) is 42.5 Å². The number of rotatable bonds is 6. The Hall–Kier alpha value is -2.33. The lowest BCUT2D eigenvalue weighted by Gasteiger charge is -2.29. The van der Waals surface area contributed by atoms with E-state index in [1.54, 1.807) is 7.05 Å². The van der Waals surface area contributed by atoms with Gasteiger partial charge in [-0.15, -0.1) is 0 Å². The standard InChI is InChI=1S/C20H25NO3/c1-14-10-11-15(2)18(12-14)24-13-19(22)21(4)16(3)20(23)17-8-6-5-7-9-17/h5-12,16,20,23H,13H2,1-4H3. The highest BCUT2D eigenvalue weighted by molar-refractivity contribution is 5.78. The molecule has 0 fully saturated rings. The molecule has 1 N–H and O–H groups in total. The topological polar surface area (TPSA) is 49.8 Å². The summed E-state index contributed by atoms with van der Waals surface area (Å²) in [6.45, 7) is 5.71. The van der Waals surface area contributed by atoms with E-state index >= 15 is 0 Å². The predicted octanol–water partition coefficient (Wildman–Crippen LogP) is 3.26. The first-order chi connectivity index (χ1) is 11.4. The van der Waals surface area contributed by atoms with E-state index in [0.29, 0.717) is 5.75 Å². The average Bonchev–Trinajstić information content (AvgIpc) is 2.61. The van der Waals surface area contributed by atoms with Crippen LogP contribution in [-0.4, -0.2) is 35.6 Å². The maximum Gasteiger partial charge on any atom is 0.260 e. The zero-order valence-electron chi connectivity index (χ0n) is 14.7. The van der Waals surface area contributed by atoms with Gasteiger partial charge in [0.15, 0.2) is 6.61 Å². The number of ether oxygens (including phenoxy) is 1. The minimum atomic E-state index is -0.735. The van der Waals surface area contributed by atoms with E-state index < -0.39 is 6.10 Å². The Morgan fingerprint density at radius 1 is 1.17 bits per heavy atom. The molecule has 0 aliphatic heterocycles. The van der Waals surface area contributed by atoms with Crippen LogP contribution in [0.3, 0.4) is 0 Å². The highest BCUT2D eigenvalue weighted by atomic mass is 16.5. The van der Waals surface area contributed by atoms with Gasteiger partial charge in [-0.25, -0.2) is 0 Å². The molecule has 2 atom stereocenters. The molecule has 128 valence electrons. The average molecular weight is 327 g/mol. The zero-order chi connectivity index (χ0) is 17.7. The molecule has 2 unspecified atom stereocenters. The number of aryl methyl sites for hydroxylation is 2. The summed E-state index contributed by atoms with van der Waals surface area (Å²) < 4.78 is 5.66. The Balaban J connectivity index is 1.97. The van der Waals surface area contributed by atoms with E-state index in [-0.39, 0.29) is 18.6 Å². The Bertz CT molecular complexity index is 685. The highest BCUT2D eigenvalue weighted by Gasteiger charge is 2.24. The first-order valence-corrected chi connectivity index (χ1v) is 8.09. The number of amides is 1. The third kappa shape index (κ3) is 4.36. The quantitative estimate of drug-likeness (QED) is 0.886. The van der Waals surface area contributed by atoms with Crippen molar-refractivity contribution in [1.82, 2.24) is 4.90 Å². The summed E-state index contributed by atoms with van der Waals surface area (Å²) in [6.07, 6.45) is -0.735. The third-order valence-corrected chi connectivity index (χ3v) is 4.30. The van der Waals surface area contributed by atoms with Crippen LogP contribution in [0.25, 0.3) is 0 Å². The molecule has 0 aromatic heterocycles. The number of likely N-dealkylation sites (N-methyl/N-ethyl adjacent to an activating group) is 1. The molecule has 0 saturated carbocycles. The fourth-order valence-corrected chi connectivity index (χ4v) is 2.47. The second kappa shape index (κ2) is 7.97. The summed E-state index contributed by atoms with van der Waals surface area (Å²) in [6, 6.07) is 14.9. The number of carbonyl (C=O) groups excluding carboxylic acids is 1. The van der Waals surface area contributed by atoms with Gasteiger partial charge >= 0.3 is 0 Å². The van der Waals surface area contributed by atoms with Gasteiger partial charge in [0.25, 0.3) is 5.91 Å². The molecular formula is C20H25NO3. The molecule has 24 heavy (non-hydrogen) atoms. The Morgan fingerprint density at radius 3 is 2.50 bits per heavy atom. The van der Waals surface area contributed by atoms with E-state index in [1.165, 1.54) is 4.90 Å². The number of hydrogen-bond donors (Lipinski definition) is 1. The molecule has 0 radical (unpaired) electrons. The summed E-state index contributed by atoms with van der Waals surface area (Å²) in [5.74, 6) is 0.548. The van der Waals surface area contributed by atoms with Crippen molar-refractivity contribution in [3.63, 3.8) is 0 Å². The van der Waals surface area contributed by atoms with Crippen LogP contribution in [0.5, 0.6) is 5.75 Å². The molecule has 4 heteroatoms. The number of nitrogens with zero attached hydrogens (tertiary/aromatic N) is 1. The molecular weight excluding hydrogens is 302 g/mol. The fraction of sp³-hybridized carbons (Fsp3) is 0.350. The zero-order valence-corrected chi connectivity index (χ0v) is 14.7. The number of carbonyl (C=O) groups is 1. The van der Waals surface area contributed by atoms with Crippen LogP contribution < -0.4 is 4.74 Å². The number of benzene rings is 2. The van der Waals surface area contributed by atoms with Gasteiger partial charge in [0.05, 0.1) is 12.1 Å². The molecule has 1 amide bonds. The molecule has 0 aliphatic carbocycles. The summed E-state index contributed by atoms with van der Waals surface area (Å²) in [7, 11) is 1.69. The summed E-state index contributed by atoms with van der Waals surface area (Å²) in [4.78, 5) is 13.9. The molecule has 2 rings (SSSR count). The lowest BCUT2D eigenvalue weighted by atomic mass is 10.0. The van der Waals surface area contributed by atoms with Crippen molar-refractivity contribution < 1.29 is 14.6 Å². The van der Waals surface area contributed by atoms with Crippen molar-refractivity contribution in [2.45, 2.75) is 32.9 Å². The minimum absolute atomic E-state index is 0.0490. The van der Waals surface area contributed by atoms with Gasteiger partial charge in [0.1, 0.15) is 5.75 Å². The largest absolute Gasteiger partial charge is 0.483 e. The first-order valence-electron chi connectivity index (χ1n) is 8.09. The van der Waals surface area contributed by atoms with Gasteiger partial charge in [-0.2, -0.15) is 0 Å². The van der Waals surface area contributed by atoms with E-state index in [1.807, 2.05) is 69.3 Å². The minimum Gasteiger partial charge on any atom is -0.483 e.